The predicted octanol–water partition coefficient (Wildman–Crippen LogP) is 2.54. The van der Waals surface area contributed by atoms with E-state index < -0.39 is 0 Å². The van der Waals surface area contributed by atoms with E-state index in [4.69, 9.17) is 15.2 Å². The van der Waals surface area contributed by atoms with E-state index in [-0.39, 0.29) is 0 Å². The number of rotatable bonds is 3. The highest BCUT2D eigenvalue weighted by Gasteiger charge is 2.11. The lowest BCUT2D eigenvalue weighted by Gasteiger charge is -2.10. The van der Waals surface area contributed by atoms with Crippen LogP contribution in [0.2, 0.25) is 0 Å². The molecular weight excluding hydrogens is 300 g/mol. The van der Waals surface area contributed by atoms with Gasteiger partial charge in [-0.3, -0.25) is 0 Å². The quantitative estimate of drug-likeness (QED) is 0.671. The van der Waals surface area contributed by atoms with Gasteiger partial charge in [0, 0.05) is 23.1 Å². The van der Waals surface area contributed by atoms with Crippen molar-refractivity contribution >= 4 is 23.0 Å². The van der Waals surface area contributed by atoms with Crippen molar-refractivity contribution in [3.8, 4) is 11.5 Å². The normalized spacial score (nSPS) is 14.5. The highest BCUT2D eigenvalue weighted by molar-refractivity contribution is 7.09. The van der Waals surface area contributed by atoms with Gasteiger partial charge in [0.1, 0.15) is 0 Å². The molecule has 0 fully saturated rings. The summed E-state index contributed by atoms with van der Waals surface area (Å²) in [7, 11) is 0. The summed E-state index contributed by atoms with van der Waals surface area (Å²) in [6.45, 7) is 3.83. The summed E-state index contributed by atoms with van der Waals surface area (Å²) in [5, 5.41) is 3.07. The second-order valence-corrected chi connectivity index (χ2v) is 5.84. The monoisotopic (exact) mass is 318 g/mol. The van der Waals surface area contributed by atoms with Crippen molar-refractivity contribution in [2.45, 2.75) is 19.9 Å². The van der Waals surface area contributed by atoms with Crippen molar-refractivity contribution in [1.82, 2.24) is 4.98 Å². The molecule has 0 saturated heterocycles. The summed E-state index contributed by atoms with van der Waals surface area (Å²) in [5.41, 5.74) is 9.57. The van der Waals surface area contributed by atoms with Crippen molar-refractivity contribution < 1.29 is 9.47 Å². The predicted molar refractivity (Wildman–Crippen MR) is 87.8 cm³/mol. The molecule has 1 aliphatic rings. The van der Waals surface area contributed by atoms with E-state index in [2.05, 4.69) is 15.3 Å². The first-order valence-electron chi connectivity index (χ1n) is 7.08. The zero-order valence-electron chi connectivity index (χ0n) is 12.3. The molecule has 0 bridgehead atoms. The Balaban J connectivity index is 1.67. The molecule has 0 saturated carbocycles. The van der Waals surface area contributed by atoms with E-state index in [0.29, 0.717) is 25.7 Å². The second kappa shape index (κ2) is 6.65. The van der Waals surface area contributed by atoms with Gasteiger partial charge in [-0.1, -0.05) is 0 Å². The van der Waals surface area contributed by atoms with Crippen LogP contribution in [0.5, 0.6) is 11.5 Å². The minimum absolute atomic E-state index is 0.363. The summed E-state index contributed by atoms with van der Waals surface area (Å²) in [4.78, 5) is 9.64. The molecule has 0 radical (unpaired) electrons. The number of nitrogens with zero attached hydrogens (tertiary/aromatic N) is 2. The van der Waals surface area contributed by atoms with E-state index in [0.717, 1.165) is 34.2 Å². The molecule has 1 aromatic heterocycles. The third-order valence-corrected chi connectivity index (χ3v) is 4.18. The molecule has 0 unspecified atom stereocenters. The maximum atomic E-state index is 5.93. The van der Waals surface area contributed by atoms with Gasteiger partial charge in [0.15, 0.2) is 17.5 Å². The van der Waals surface area contributed by atoms with Gasteiger partial charge in [0.2, 0.25) is 0 Å². The first-order chi connectivity index (χ1) is 10.7. The van der Waals surface area contributed by atoms with E-state index >= 15 is 0 Å². The molecule has 1 aliphatic heterocycles. The van der Waals surface area contributed by atoms with Crippen molar-refractivity contribution in [2.75, 3.05) is 18.5 Å². The molecular formula is C15H18N4O2S. The van der Waals surface area contributed by atoms with Gasteiger partial charge in [-0.25, -0.2) is 9.98 Å². The van der Waals surface area contributed by atoms with Gasteiger partial charge in [-0.2, -0.15) is 0 Å². The number of thiazole rings is 1. The lowest BCUT2D eigenvalue weighted by molar-refractivity contribution is 0.297. The fourth-order valence-electron chi connectivity index (χ4n) is 2.06. The minimum atomic E-state index is 0.363. The number of nitrogens with one attached hydrogen (secondary N) is 1. The smallest absolute Gasteiger partial charge is 0.193 e. The summed E-state index contributed by atoms with van der Waals surface area (Å²) in [6.07, 6.45) is 0.884. The van der Waals surface area contributed by atoms with E-state index in [9.17, 15) is 0 Å². The molecule has 0 spiro atoms. The standard InChI is InChI=1S/C15H18N4O2S/c1-10-14(22-9-18-10)8-17-15(16)19-11-3-4-12-13(7-11)21-6-2-5-20-12/h3-4,7,9H,2,5-6,8H2,1H3,(H3,16,17,19). The SMILES string of the molecule is Cc1ncsc1CN=C(N)Nc1ccc2c(c1)OCCCO2. The Hall–Kier alpha value is -2.28. The maximum absolute atomic E-state index is 5.93. The number of ether oxygens (including phenoxy) is 2. The Morgan fingerprint density at radius 2 is 2.18 bits per heavy atom. The number of aliphatic imine (C=N–C) groups is 1. The lowest BCUT2D eigenvalue weighted by atomic mass is 10.3. The maximum Gasteiger partial charge on any atom is 0.193 e. The van der Waals surface area contributed by atoms with Crippen LogP contribution in [0.4, 0.5) is 5.69 Å². The summed E-state index contributed by atoms with van der Waals surface area (Å²) < 4.78 is 11.3. The molecule has 1 aromatic carbocycles. The molecule has 116 valence electrons. The molecule has 2 heterocycles. The van der Waals surface area contributed by atoms with Gasteiger partial charge in [0.25, 0.3) is 0 Å². The van der Waals surface area contributed by atoms with Crippen molar-refractivity contribution in [3.05, 3.63) is 34.3 Å². The summed E-state index contributed by atoms with van der Waals surface area (Å²) >= 11 is 1.58. The van der Waals surface area contributed by atoms with Crippen LogP contribution in [0.25, 0.3) is 0 Å². The minimum Gasteiger partial charge on any atom is -0.490 e. The van der Waals surface area contributed by atoms with Gasteiger partial charge < -0.3 is 20.5 Å². The molecule has 22 heavy (non-hydrogen) atoms. The number of anilines is 1. The Morgan fingerprint density at radius 1 is 1.36 bits per heavy atom. The number of benzene rings is 1. The van der Waals surface area contributed by atoms with Crippen LogP contribution in [-0.2, 0) is 6.54 Å². The van der Waals surface area contributed by atoms with Gasteiger partial charge in [-0.15, -0.1) is 11.3 Å². The Bertz CT molecular complexity index is 684. The van der Waals surface area contributed by atoms with Crippen molar-refractivity contribution in [1.29, 1.82) is 0 Å². The van der Waals surface area contributed by atoms with E-state index in [1.165, 1.54) is 0 Å². The van der Waals surface area contributed by atoms with Crippen LogP contribution in [0.15, 0.2) is 28.7 Å². The fourth-order valence-corrected chi connectivity index (χ4v) is 2.76. The number of fused-ring (bicyclic) bond motifs is 1. The van der Waals surface area contributed by atoms with Crippen molar-refractivity contribution in [2.24, 2.45) is 10.7 Å². The topological polar surface area (TPSA) is 81.8 Å². The zero-order chi connectivity index (χ0) is 15.4. The molecule has 3 N–H and O–H groups in total. The van der Waals surface area contributed by atoms with Crippen LogP contribution in [0, 0.1) is 6.92 Å². The number of hydrogen-bond donors (Lipinski definition) is 2. The average Bonchev–Trinajstić information content (AvgIpc) is 2.78. The van der Waals surface area contributed by atoms with Crippen LogP contribution in [0.3, 0.4) is 0 Å². The number of aromatic nitrogens is 1. The third kappa shape index (κ3) is 3.48. The Morgan fingerprint density at radius 3 is 2.95 bits per heavy atom. The largest absolute Gasteiger partial charge is 0.490 e. The number of guanidine groups is 1. The molecule has 3 rings (SSSR count). The highest BCUT2D eigenvalue weighted by atomic mass is 32.1. The highest BCUT2D eigenvalue weighted by Crippen LogP contribution is 2.32. The van der Waals surface area contributed by atoms with E-state index in [1.807, 2.05) is 30.6 Å². The first-order valence-corrected chi connectivity index (χ1v) is 7.96. The number of hydrogen-bond acceptors (Lipinski definition) is 5. The number of nitrogens with two attached hydrogens (primary N) is 1. The van der Waals surface area contributed by atoms with Crippen LogP contribution < -0.4 is 20.5 Å². The summed E-state index contributed by atoms with van der Waals surface area (Å²) in [6, 6.07) is 5.65. The van der Waals surface area contributed by atoms with Crippen molar-refractivity contribution in [3.63, 3.8) is 0 Å². The summed E-state index contributed by atoms with van der Waals surface area (Å²) in [5.74, 6) is 1.86. The molecule has 7 heteroatoms. The molecule has 0 atom stereocenters. The van der Waals surface area contributed by atoms with E-state index in [1.54, 1.807) is 11.3 Å². The fraction of sp³-hybridized carbons (Fsp3) is 0.333. The van der Waals surface area contributed by atoms with Crippen LogP contribution in [0.1, 0.15) is 17.0 Å². The first kappa shape index (κ1) is 14.6. The molecule has 0 aliphatic carbocycles. The van der Waals surface area contributed by atoms with Gasteiger partial charge >= 0.3 is 0 Å². The average molecular weight is 318 g/mol. The number of aryl methyl sites for hydroxylation is 1. The lowest BCUT2D eigenvalue weighted by Crippen LogP contribution is -2.22. The Labute approximate surface area is 133 Å². The third-order valence-electron chi connectivity index (χ3n) is 3.26. The van der Waals surface area contributed by atoms with Crippen LogP contribution >= 0.6 is 11.3 Å². The second-order valence-electron chi connectivity index (χ2n) is 4.90. The van der Waals surface area contributed by atoms with Gasteiger partial charge in [0.05, 0.1) is 31.0 Å². The van der Waals surface area contributed by atoms with Gasteiger partial charge in [-0.05, 0) is 19.1 Å². The zero-order valence-corrected chi connectivity index (χ0v) is 13.2. The Kier molecular flexibility index (Phi) is 4.43. The molecule has 6 nitrogen and oxygen atoms in total. The molecule has 2 aromatic rings. The molecule has 0 amide bonds. The van der Waals surface area contributed by atoms with Crippen LogP contribution in [-0.4, -0.2) is 24.2 Å².